The molecule has 0 unspecified atom stereocenters. The molecule has 1 amide bonds. The monoisotopic (exact) mass is 117 g/mol. The van der Waals surface area contributed by atoms with E-state index in [4.69, 9.17) is 5.73 Å². The minimum Gasteiger partial charge on any atom is -0.369 e. The molecule has 1 rings (SSSR count). The molecule has 0 radical (unpaired) electrons. The van der Waals surface area contributed by atoms with Gasteiger partial charge in [-0.1, -0.05) is 0 Å². The van der Waals surface area contributed by atoms with E-state index in [2.05, 4.69) is 0 Å². The van der Waals surface area contributed by atoms with Gasteiger partial charge in [-0.2, -0.15) is 11.8 Å². The van der Waals surface area contributed by atoms with Gasteiger partial charge in [-0.15, -0.1) is 0 Å². The topological polar surface area (TPSA) is 43.1 Å². The minimum atomic E-state index is -0.140. The fraction of sp³-hybridized carbons (Fsp3) is 0.750. The molecule has 2 N–H and O–H groups in total. The van der Waals surface area contributed by atoms with E-state index in [1.807, 2.05) is 0 Å². The number of hydrogen-bond acceptors (Lipinski definition) is 2. The first-order valence-electron chi connectivity index (χ1n) is 2.18. The van der Waals surface area contributed by atoms with Crippen LogP contribution in [0.5, 0.6) is 0 Å². The Labute approximate surface area is 46.5 Å². The molecule has 1 aliphatic heterocycles. The average Bonchev–Trinajstić information content (AvgIpc) is 1.23. The van der Waals surface area contributed by atoms with Crippen LogP contribution in [-0.4, -0.2) is 17.4 Å². The third-order valence-electron chi connectivity index (χ3n) is 1.04. The van der Waals surface area contributed by atoms with Gasteiger partial charge in [-0.3, -0.25) is 4.79 Å². The summed E-state index contributed by atoms with van der Waals surface area (Å²) in [4.78, 5) is 10.2. The maximum Gasteiger partial charge on any atom is 0.222 e. The Morgan fingerprint density at radius 3 is 2.29 bits per heavy atom. The van der Waals surface area contributed by atoms with Crippen molar-refractivity contribution in [1.29, 1.82) is 0 Å². The number of amides is 1. The van der Waals surface area contributed by atoms with Gasteiger partial charge in [0.15, 0.2) is 0 Å². The van der Waals surface area contributed by atoms with Gasteiger partial charge in [0.2, 0.25) is 5.91 Å². The number of carbonyl (C=O) groups excluding carboxylic acids is 1. The van der Waals surface area contributed by atoms with E-state index in [9.17, 15) is 4.79 Å². The molecule has 0 aliphatic carbocycles. The first-order chi connectivity index (χ1) is 3.30. The summed E-state index contributed by atoms with van der Waals surface area (Å²) in [5, 5.41) is 0. The summed E-state index contributed by atoms with van der Waals surface area (Å²) in [6.45, 7) is 0. The molecule has 0 aromatic rings. The highest BCUT2D eigenvalue weighted by Crippen LogP contribution is 2.23. The van der Waals surface area contributed by atoms with Crippen LogP contribution in [-0.2, 0) is 4.79 Å². The van der Waals surface area contributed by atoms with E-state index in [0.29, 0.717) is 0 Å². The summed E-state index contributed by atoms with van der Waals surface area (Å²) in [5.74, 6) is 1.92. The number of thioether (sulfide) groups is 1. The van der Waals surface area contributed by atoms with Crippen LogP contribution in [0.1, 0.15) is 0 Å². The van der Waals surface area contributed by atoms with Crippen LogP contribution in [0.15, 0.2) is 0 Å². The lowest BCUT2D eigenvalue weighted by Crippen LogP contribution is -2.33. The van der Waals surface area contributed by atoms with Crippen LogP contribution in [0.25, 0.3) is 0 Å². The van der Waals surface area contributed by atoms with Crippen molar-refractivity contribution in [3.63, 3.8) is 0 Å². The van der Waals surface area contributed by atoms with Crippen molar-refractivity contribution >= 4 is 17.7 Å². The highest BCUT2D eigenvalue weighted by atomic mass is 32.2. The second-order valence-corrected chi connectivity index (χ2v) is 2.71. The molecule has 40 valence electrons. The number of carbonyl (C=O) groups is 1. The molecule has 0 aromatic carbocycles. The van der Waals surface area contributed by atoms with E-state index in [1.54, 1.807) is 11.8 Å². The third kappa shape index (κ3) is 0.881. The average molecular weight is 117 g/mol. The normalized spacial score (nSPS) is 21.1. The lowest BCUT2D eigenvalue weighted by atomic mass is 10.2. The summed E-state index contributed by atoms with van der Waals surface area (Å²) in [5.41, 5.74) is 4.95. The second kappa shape index (κ2) is 1.74. The Bertz CT molecular complexity index is 89.7. The van der Waals surface area contributed by atoms with Crippen LogP contribution in [0.2, 0.25) is 0 Å². The molecule has 7 heavy (non-hydrogen) atoms. The molecule has 0 aromatic heterocycles. The maximum atomic E-state index is 10.2. The highest BCUT2D eigenvalue weighted by molar-refractivity contribution is 8.00. The molecule has 1 aliphatic rings. The largest absolute Gasteiger partial charge is 0.369 e. The highest BCUT2D eigenvalue weighted by Gasteiger charge is 2.22. The zero-order valence-electron chi connectivity index (χ0n) is 3.89. The Hall–Kier alpha value is -0.180. The second-order valence-electron chi connectivity index (χ2n) is 1.64. The van der Waals surface area contributed by atoms with Crippen molar-refractivity contribution in [2.24, 2.45) is 11.7 Å². The SMILES string of the molecule is NC(=O)C1CSC1. The van der Waals surface area contributed by atoms with E-state index in [1.165, 1.54) is 0 Å². The quantitative estimate of drug-likeness (QED) is 0.518. The van der Waals surface area contributed by atoms with E-state index < -0.39 is 0 Å². The first-order valence-corrected chi connectivity index (χ1v) is 3.33. The molecule has 3 heteroatoms. The maximum absolute atomic E-state index is 10.2. The number of rotatable bonds is 1. The summed E-state index contributed by atoms with van der Waals surface area (Å²) in [6.07, 6.45) is 0. The predicted octanol–water partition coefficient (Wildman–Crippen LogP) is -0.165. The Balaban J connectivity index is 2.27. The number of primary amides is 1. The fourth-order valence-corrected chi connectivity index (χ4v) is 1.20. The van der Waals surface area contributed by atoms with Gasteiger partial charge in [0, 0.05) is 11.5 Å². The van der Waals surface area contributed by atoms with Crippen molar-refractivity contribution in [2.45, 2.75) is 0 Å². The van der Waals surface area contributed by atoms with Crippen molar-refractivity contribution in [2.75, 3.05) is 11.5 Å². The number of nitrogens with two attached hydrogens (primary N) is 1. The van der Waals surface area contributed by atoms with Crippen LogP contribution in [0, 0.1) is 5.92 Å². The van der Waals surface area contributed by atoms with E-state index >= 15 is 0 Å². The van der Waals surface area contributed by atoms with Gasteiger partial charge >= 0.3 is 0 Å². The molecule has 1 saturated heterocycles. The predicted molar refractivity (Wildman–Crippen MR) is 30.0 cm³/mol. The molecule has 0 atom stereocenters. The van der Waals surface area contributed by atoms with Crippen molar-refractivity contribution in [3.8, 4) is 0 Å². The fourth-order valence-electron chi connectivity index (χ4n) is 0.400. The molecule has 0 saturated carbocycles. The van der Waals surface area contributed by atoms with Crippen LogP contribution in [0.4, 0.5) is 0 Å². The Morgan fingerprint density at radius 1 is 1.71 bits per heavy atom. The van der Waals surface area contributed by atoms with Gasteiger partial charge in [0.1, 0.15) is 0 Å². The van der Waals surface area contributed by atoms with Gasteiger partial charge in [-0.05, 0) is 0 Å². The third-order valence-corrected chi connectivity index (χ3v) is 2.32. The molecular weight excluding hydrogens is 110 g/mol. The van der Waals surface area contributed by atoms with Crippen molar-refractivity contribution < 1.29 is 4.79 Å². The molecule has 2 nitrogen and oxygen atoms in total. The zero-order chi connectivity index (χ0) is 5.28. The van der Waals surface area contributed by atoms with E-state index in [0.717, 1.165) is 11.5 Å². The number of hydrogen-bond donors (Lipinski definition) is 1. The summed E-state index contributed by atoms with van der Waals surface area (Å²) in [6, 6.07) is 0. The zero-order valence-corrected chi connectivity index (χ0v) is 4.70. The molecule has 0 spiro atoms. The van der Waals surface area contributed by atoms with Gasteiger partial charge in [0.25, 0.3) is 0 Å². The summed E-state index contributed by atoms with van der Waals surface area (Å²) in [7, 11) is 0. The van der Waals surface area contributed by atoms with Crippen LogP contribution >= 0.6 is 11.8 Å². The summed E-state index contributed by atoms with van der Waals surface area (Å²) >= 11 is 1.77. The molecule has 1 heterocycles. The van der Waals surface area contributed by atoms with Crippen molar-refractivity contribution in [1.82, 2.24) is 0 Å². The Morgan fingerprint density at radius 2 is 2.29 bits per heavy atom. The lowest BCUT2D eigenvalue weighted by molar-refractivity contribution is -0.120. The standard InChI is InChI=1S/C4H7NOS/c5-4(6)3-1-7-2-3/h3H,1-2H2,(H2,5,6). The molecule has 0 bridgehead atoms. The van der Waals surface area contributed by atoms with Crippen molar-refractivity contribution in [3.05, 3.63) is 0 Å². The van der Waals surface area contributed by atoms with Gasteiger partial charge in [-0.25, -0.2) is 0 Å². The summed E-state index contributed by atoms with van der Waals surface area (Å²) < 4.78 is 0. The van der Waals surface area contributed by atoms with E-state index in [-0.39, 0.29) is 11.8 Å². The first kappa shape index (κ1) is 4.97. The molecular formula is C4H7NOS. The minimum absolute atomic E-state index is 0.140. The smallest absolute Gasteiger partial charge is 0.222 e. The van der Waals surface area contributed by atoms with Gasteiger partial charge < -0.3 is 5.73 Å². The lowest BCUT2D eigenvalue weighted by Gasteiger charge is -2.20. The van der Waals surface area contributed by atoms with Crippen LogP contribution in [0.3, 0.4) is 0 Å². The molecule has 1 fully saturated rings. The van der Waals surface area contributed by atoms with Gasteiger partial charge in [0.05, 0.1) is 5.92 Å². The van der Waals surface area contributed by atoms with Crippen LogP contribution < -0.4 is 5.73 Å². The Kier molecular flexibility index (Phi) is 1.23.